The summed E-state index contributed by atoms with van der Waals surface area (Å²) in [6.07, 6.45) is 2.71. The molecule has 90 valence electrons. The van der Waals surface area contributed by atoms with Gasteiger partial charge in [-0.1, -0.05) is 12.1 Å². The molecular weight excluding hydrogens is 208 g/mol. The van der Waals surface area contributed by atoms with Gasteiger partial charge in [-0.25, -0.2) is 0 Å². The number of aliphatic carboxylic acids is 1. The normalized spacial score (nSPS) is 13.0. The molecule has 0 amide bonds. The summed E-state index contributed by atoms with van der Waals surface area (Å²) in [7, 11) is 1.79. The first kappa shape index (κ1) is 12.6. The SMILES string of the molecule is CCC(C)N(CC(=O)O)Cc1cn(C)nn1. The van der Waals surface area contributed by atoms with E-state index >= 15 is 0 Å². The van der Waals surface area contributed by atoms with Crippen LogP contribution in [0.25, 0.3) is 0 Å². The smallest absolute Gasteiger partial charge is 0.317 e. The Morgan fingerprint density at radius 2 is 2.38 bits per heavy atom. The van der Waals surface area contributed by atoms with Gasteiger partial charge in [0.25, 0.3) is 0 Å². The molecule has 0 saturated heterocycles. The van der Waals surface area contributed by atoms with E-state index in [1.165, 1.54) is 0 Å². The molecule has 0 aliphatic rings. The molecule has 1 unspecified atom stereocenters. The van der Waals surface area contributed by atoms with Crippen LogP contribution in [0.5, 0.6) is 0 Å². The molecule has 0 aliphatic carbocycles. The second kappa shape index (κ2) is 5.60. The molecule has 0 aliphatic heterocycles. The number of carbonyl (C=O) groups is 1. The van der Waals surface area contributed by atoms with Crippen molar-refractivity contribution in [3.63, 3.8) is 0 Å². The molecule has 0 aromatic carbocycles. The zero-order chi connectivity index (χ0) is 12.1. The Hall–Kier alpha value is -1.43. The van der Waals surface area contributed by atoms with E-state index in [0.717, 1.165) is 12.1 Å². The second-order valence-electron chi connectivity index (χ2n) is 3.94. The van der Waals surface area contributed by atoms with Crippen LogP contribution in [0, 0.1) is 0 Å². The topological polar surface area (TPSA) is 71.2 Å². The molecule has 6 nitrogen and oxygen atoms in total. The molecule has 6 heteroatoms. The molecule has 1 rings (SSSR count). The first-order chi connectivity index (χ1) is 7.52. The minimum absolute atomic E-state index is 0.0333. The molecule has 1 heterocycles. The Morgan fingerprint density at radius 3 is 2.81 bits per heavy atom. The molecule has 0 radical (unpaired) electrons. The van der Waals surface area contributed by atoms with Crippen LogP contribution in [0.2, 0.25) is 0 Å². The van der Waals surface area contributed by atoms with Crippen molar-refractivity contribution < 1.29 is 9.90 Å². The third-order valence-electron chi connectivity index (χ3n) is 2.57. The van der Waals surface area contributed by atoms with Crippen molar-refractivity contribution in [3.8, 4) is 0 Å². The number of carboxylic acids is 1. The zero-order valence-electron chi connectivity index (χ0n) is 9.92. The first-order valence-electron chi connectivity index (χ1n) is 5.34. The standard InChI is InChI=1S/C10H18N4O2/c1-4-8(2)14(7-10(15)16)6-9-5-13(3)12-11-9/h5,8H,4,6-7H2,1-3H3,(H,15,16). The predicted octanol–water partition coefficient (Wildman–Crippen LogP) is 0.500. The lowest BCUT2D eigenvalue weighted by Gasteiger charge is -2.25. The average molecular weight is 226 g/mol. The lowest BCUT2D eigenvalue weighted by atomic mass is 10.2. The molecule has 1 aromatic rings. The Labute approximate surface area is 94.9 Å². The van der Waals surface area contributed by atoms with E-state index in [4.69, 9.17) is 5.11 Å². The van der Waals surface area contributed by atoms with Gasteiger partial charge in [0.2, 0.25) is 0 Å². The van der Waals surface area contributed by atoms with Crippen LogP contribution in [0.1, 0.15) is 26.0 Å². The maximum absolute atomic E-state index is 10.7. The van der Waals surface area contributed by atoms with Gasteiger partial charge < -0.3 is 5.11 Å². The fourth-order valence-corrected chi connectivity index (χ4v) is 1.48. The molecule has 16 heavy (non-hydrogen) atoms. The molecule has 0 bridgehead atoms. The van der Waals surface area contributed by atoms with Crippen molar-refractivity contribution in [3.05, 3.63) is 11.9 Å². The van der Waals surface area contributed by atoms with E-state index in [-0.39, 0.29) is 12.6 Å². The van der Waals surface area contributed by atoms with E-state index in [9.17, 15) is 4.79 Å². The van der Waals surface area contributed by atoms with Crippen LogP contribution in [-0.2, 0) is 18.4 Å². The molecule has 0 spiro atoms. The van der Waals surface area contributed by atoms with E-state index < -0.39 is 5.97 Å². The van der Waals surface area contributed by atoms with Crippen LogP contribution < -0.4 is 0 Å². The highest BCUT2D eigenvalue weighted by molar-refractivity contribution is 5.69. The monoisotopic (exact) mass is 226 g/mol. The first-order valence-corrected chi connectivity index (χ1v) is 5.34. The number of rotatable bonds is 6. The van der Waals surface area contributed by atoms with Gasteiger partial charge in [-0.2, -0.15) is 0 Å². The zero-order valence-corrected chi connectivity index (χ0v) is 9.92. The van der Waals surface area contributed by atoms with Crippen LogP contribution in [0.15, 0.2) is 6.20 Å². The summed E-state index contributed by atoms with van der Waals surface area (Å²) < 4.78 is 1.62. The van der Waals surface area contributed by atoms with Crippen LogP contribution in [0.4, 0.5) is 0 Å². The lowest BCUT2D eigenvalue weighted by molar-refractivity contribution is -0.139. The van der Waals surface area contributed by atoms with Crippen molar-refractivity contribution in [2.24, 2.45) is 7.05 Å². The van der Waals surface area contributed by atoms with E-state index in [1.807, 2.05) is 18.7 Å². The lowest BCUT2D eigenvalue weighted by Crippen LogP contribution is -2.36. The quantitative estimate of drug-likeness (QED) is 0.764. The summed E-state index contributed by atoms with van der Waals surface area (Å²) in [5.74, 6) is -0.816. The third kappa shape index (κ3) is 3.62. The molecule has 0 fully saturated rings. The average Bonchev–Trinajstić information content (AvgIpc) is 2.61. The van der Waals surface area contributed by atoms with E-state index in [1.54, 1.807) is 17.9 Å². The number of carboxylic acid groups (broad SMARTS) is 1. The van der Waals surface area contributed by atoms with Crippen molar-refractivity contribution in [1.82, 2.24) is 19.9 Å². The van der Waals surface area contributed by atoms with Gasteiger partial charge in [0.1, 0.15) is 0 Å². The van der Waals surface area contributed by atoms with Crippen LogP contribution >= 0.6 is 0 Å². The van der Waals surface area contributed by atoms with Crippen molar-refractivity contribution in [1.29, 1.82) is 0 Å². The van der Waals surface area contributed by atoms with Gasteiger partial charge in [0.05, 0.1) is 12.2 Å². The fourth-order valence-electron chi connectivity index (χ4n) is 1.48. The van der Waals surface area contributed by atoms with Crippen molar-refractivity contribution in [2.45, 2.75) is 32.9 Å². The summed E-state index contributed by atoms with van der Waals surface area (Å²) in [5.41, 5.74) is 0.795. The molecule has 1 aromatic heterocycles. The second-order valence-corrected chi connectivity index (χ2v) is 3.94. The number of nitrogens with zero attached hydrogens (tertiary/aromatic N) is 4. The summed E-state index contributed by atoms with van der Waals surface area (Å²) >= 11 is 0. The largest absolute Gasteiger partial charge is 0.480 e. The Bertz CT molecular complexity index is 350. The van der Waals surface area contributed by atoms with Gasteiger partial charge in [0, 0.05) is 25.8 Å². The maximum Gasteiger partial charge on any atom is 0.317 e. The maximum atomic E-state index is 10.7. The predicted molar refractivity (Wildman–Crippen MR) is 58.8 cm³/mol. The Kier molecular flexibility index (Phi) is 4.42. The summed E-state index contributed by atoms with van der Waals surface area (Å²) in [6.45, 7) is 4.61. The van der Waals surface area contributed by atoms with Gasteiger partial charge in [-0.05, 0) is 13.3 Å². The highest BCUT2D eigenvalue weighted by atomic mass is 16.4. The molecule has 0 saturated carbocycles. The fraction of sp³-hybridized carbons (Fsp3) is 0.700. The molecule has 1 atom stereocenters. The van der Waals surface area contributed by atoms with E-state index in [2.05, 4.69) is 10.3 Å². The van der Waals surface area contributed by atoms with Crippen LogP contribution in [0.3, 0.4) is 0 Å². The minimum Gasteiger partial charge on any atom is -0.480 e. The summed E-state index contributed by atoms with van der Waals surface area (Å²) in [4.78, 5) is 12.6. The molecule has 1 N–H and O–H groups in total. The molecular formula is C10H18N4O2. The van der Waals surface area contributed by atoms with Gasteiger partial charge >= 0.3 is 5.97 Å². The van der Waals surface area contributed by atoms with Crippen LogP contribution in [-0.4, -0.2) is 43.6 Å². The third-order valence-corrected chi connectivity index (χ3v) is 2.57. The Balaban J connectivity index is 2.66. The number of hydrogen-bond acceptors (Lipinski definition) is 4. The highest BCUT2D eigenvalue weighted by Gasteiger charge is 2.17. The van der Waals surface area contributed by atoms with Crippen molar-refractivity contribution in [2.75, 3.05) is 6.54 Å². The number of hydrogen-bond donors (Lipinski definition) is 1. The van der Waals surface area contributed by atoms with Crippen molar-refractivity contribution >= 4 is 5.97 Å². The van der Waals surface area contributed by atoms with Gasteiger partial charge in [-0.15, -0.1) is 5.10 Å². The Morgan fingerprint density at radius 1 is 1.69 bits per heavy atom. The van der Waals surface area contributed by atoms with Gasteiger partial charge in [0.15, 0.2) is 0 Å². The summed E-state index contributed by atoms with van der Waals surface area (Å²) in [6, 6.07) is 0.220. The number of aromatic nitrogens is 3. The van der Waals surface area contributed by atoms with Gasteiger partial charge in [-0.3, -0.25) is 14.4 Å². The summed E-state index contributed by atoms with van der Waals surface area (Å²) in [5, 5.41) is 16.6. The highest BCUT2D eigenvalue weighted by Crippen LogP contribution is 2.08. The van der Waals surface area contributed by atoms with E-state index in [0.29, 0.717) is 6.54 Å². The minimum atomic E-state index is -0.816. The number of aryl methyl sites for hydroxylation is 1.